The smallest absolute Gasteiger partial charge is 0.329 e. The van der Waals surface area contributed by atoms with Crippen LogP contribution in [0.25, 0.3) is 0 Å². The highest BCUT2D eigenvalue weighted by Crippen LogP contribution is 2.25. The van der Waals surface area contributed by atoms with Crippen LogP contribution in [0.3, 0.4) is 0 Å². The summed E-state index contributed by atoms with van der Waals surface area (Å²) in [6, 6.07) is 10.3. The highest BCUT2D eigenvalue weighted by atomic mass is 35.5. The monoisotopic (exact) mass is 461 g/mol. The van der Waals surface area contributed by atoms with Crippen LogP contribution in [0.4, 0.5) is 5.69 Å². The summed E-state index contributed by atoms with van der Waals surface area (Å²) in [5.74, 6) is -3.58. The lowest BCUT2D eigenvalue weighted by atomic mass is 10.0. The number of imide groups is 1. The maximum Gasteiger partial charge on any atom is 0.329 e. The fraction of sp³-hybridized carbons (Fsp3) is 0.238. The molecule has 0 heterocycles. The molecule has 0 radical (unpaired) electrons. The Morgan fingerprint density at radius 3 is 2.28 bits per heavy atom. The van der Waals surface area contributed by atoms with Crippen LogP contribution in [0, 0.1) is 16.0 Å². The minimum atomic E-state index is -1.14. The van der Waals surface area contributed by atoms with Crippen LogP contribution in [0.1, 0.15) is 34.6 Å². The summed E-state index contributed by atoms with van der Waals surface area (Å²) in [5, 5.41) is 15.4. The lowest BCUT2D eigenvalue weighted by Gasteiger charge is -2.20. The molecule has 10 nitrogen and oxygen atoms in total. The minimum absolute atomic E-state index is 0.0780. The SMILES string of the molecule is CC(C)[C@H](NC(=O)c1ccc(Cl)c([N+](=O)[O-])c1)C(=O)OCC(=O)NC(=O)c1ccccc1. The molecule has 2 aromatic carbocycles. The first-order valence-corrected chi connectivity index (χ1v) is 9.78. The normalized spacial score (nSPS) is 11.4. The third kappa shape index (κ3) is 6.61. The van der Waals surface area contributed by atoms with Crippen molar-refractivity contribution >= 4 is 41.0 Å². The van der Waals surface area contributed by atoms with E-state index in [9.17, 15) is 29.3 Å². The van der Waals surface area contributed by atoms with Crippen molar-refractivity contribution in [1.82, 2.24) is 10.6 Å². The summed E-state index contributed by atoms with van der Waals surface area (Å²) in [6.07, 6.45) is 0. The van der Waals surface area contributed by atoms with Crippen LogP contribution in [0.15, 0.2) is 48.5 Å². The van der Waals surface area contributed by atoms with Gasteiger partial charge in [0, 0.05) is 17.2 Å². The molecular formula is C21H20ClN3O7. The molecular weight excluding hydrogens is 442 g/mol. The number of carbonyl (C=O) groups is 4. The lowest BCUT2D eigenvalue weighted by Crippen LogP contribution is -2.46. The zero-order valence-electron chi connectivity index (χ0n) is 17.2. The van der Waals surface area contributed by atoms with Crippen molar-refractivity contribution in [2.75, 3.05) is 6.61 Å². The number of benzene rings is 2. The van der Waals surface area contributed by atoms with Gasteiger partial charge in [0.15, 0.2) is 6.61 Å². The van der Waals surface area contributed by atoms with Gasteiger partial charge in [-0.15, -0.1) is 0 Å². The van der Waals surface area contributed by atoms with Crippen molar-refractivity contribution in [2.45, 2.75) is 19.9 Å². The second kappa shape index (κ2) is 11.0. The molecule has 2 rings (SSSR count). The van der Waals surface area contributed by atoms with Gasteiger partial charge in [-0.3, -0.25) is 29.8 Å². The number of ether oxygens (including phenoxy) is 1. The van der Waals surface area contributed by atoms with Gasteiger partial charge in [-0.05, 0) is 30.2 Å². The Morgan fingerprint density at radius 1 is 1.03 bits per heavy atom. The number of hydrogen-bond acceptors (Lipinski definition) is 7. The number of esters is 1. The maximum atomic E-state index is 12.5. The van der Waals surface area contributed by atoms with Crippen LogP contribution < -0.4 is 10.6 Å². The average molecular weight is 462 g/mol. The first-order chi connectivity index (χ1) is 15.1. The molecule has 168 valence electrons. The average Bonchev–Trinajstić information content (AvgIpc) is 2.76. The Balaban J connectivity index is 1.98. The number of nitrogens with zero attached hydrogens (tertiary/aromatic N) is 1. The van der Waals surface area contributed by atoms with Crippen LogP contribution in [0.2, 0.25) is 5.02 Å². The van der Waals surface area contributed by atoms with Gasteiger partial charge in [0.1, 0.15) is 11.1 Å². The fourth-order valence-corrected chi connectivity index (χ4v) is 2.75. The molecule has 3 amide bonds. The van der Waals surface area contributed by atoms with E-state index in [1.54, 1.807) is 32.0 Å². The van der Waals surface area contributed by atoms with Crippen molar-refractivity contribution in [1.29, 1.82) is 0 Å². The molecule has 0 aliphatic heterocycles. The molecule has 0 aromatic heterocycles. The second-order valence-corrected chi connectivity index (χ2v) is 7.38. The Bertz CT molecular complexity index is 1040. The standard InChI is InChI=1S/C21H20ClN3O7/c1-12(2)18(24-20(28)14-8-9-15(22)16(10-14)25(30)31)21(29)32-11-17(26)23-19(27)13-6-4-3-5-7-13/h3-10,12,18H,11H2,1-2H3,(H,24,28)(H,23,26,27)/t18-/m0/s1. The zero-order chi connectivity index (χ0) is 23.8. The first-order valence-electron chi connectivity index (χ1n) is 9.40. The topological polar surface area (TPSA) is 145 Å². The number of nitro benzene ring substituents is 1. The van der Waals surface area contributed by atoms with Crippen molar-refractivity contribution in [3.63, 3.8) is 0 Å². The van der Waals surface area contributed by atoms with E-state index >= 15 is 0 Å². The molecule has 0 aliphatic rings. The Labute approximate surface area is 188 Å². The van der Waals surface area contributed by atoms with E-state index in [0.717, 1.165) is 6.07 Å². The number of halogens is 1. The van der Waals surface area contributed by atoms with E-state index in [0.29, 0.717) is 0 Å². The van der Waals surface area contributed by atoms with E-state index in [1.165, 1.54) is 24.3 Å². The molecule has 32 heavy (non-hydrogen) atoms. The second-order valence-electron chi connectivity index (χ2n) is 6.97. The van der Waals surface area contributed by atoms with Crippen molar-refractivity contribution in [2.24, 2.45) is 5.92 Å². The number of hydrogen-bond donors (Lipinski definition) is 2. The molecule has 11 heteroatoms. The number of nitro groups is 1. The Kier molecular flexibility index (Phi) is 8.42. The Morgan fingerprint density at radius 2 is 1.69 bits per heavy atom. The predicted octanol–water partition coefficient (Wildman–Crippen LogP) is 2.50. The lowest BCUT2D eigenvalue weighted by molar-refractivity contribution is -0.384. The maximum absolute atomic E-state index is 12.5. The Hall–Kier alpha value is -3.79. The van der Waals surface area contributed by atoms with E-state index < -0.39 is 52.9 Å². The van der Waals surface area contributed by atoms with Crippen molar-refractivity contribution in [3.05, 3.63) is 74.8 Å². The van der Waals surface area contributed by atoms with Gasteiger partial charge in [0.25, 0.3) is 23.4 Å². The van der Waals surface area contributed by atoms with Gasteiger partial charge >= 0.3 is 5.97 Å². The van der Waals surface area contributed by atoms with Gasteiger partial charge < -0.3 is 10.1 Å². The molecule has 0 saturated heterocycles. The highest BCUT2D eigenvalue weighted by Gasteiger charge is 2.28. The summed E-state index contributed by atoms with van der Waals surface area (Å²) in [7, 11) is 0. The molecule has 0 bridgehead atoms. The van der Waals surface area contributed by atoms with Gasteiger partial charge in [0.2, 0.25) is 0 Å². The zero-order valence-corrected chi connectivity index (χ0v) is 17.9. The van der Waals surface area contributed by atoms with Gasteiger partial charge in [0.05, 0.1) is 4.92 Å². The van der Waals surface area contributed by atoms with Crippen molar-refractivity contribution < 1.29 is 28.8 Å². The van der Waals surface area contributed by atoms with E-state index in [-0.39, 0.29) is 16.1 Å². The first kappa shape index (κ1) is 24.5. The summed E-state index contributed by atoms with van der Waals surface area (Å²) in [4.78, 5) is 59.0. The van der Waals surface area contributed by atoms with Crippen LogP contribution in [0.5, 0.6) is 0 Å². The summed E-state index contributed by atoms with van der Waals surface area (Å²) < 4.78 is 4.93. The van der Waals surface area contributed by atoms with E-state index in [2.05, 4.69) is 10.6 Å². The van der Waals surface area contributed by atoms with Gasteiger partial charge in [-0.25, -0.2) is 4.79 Å². The molecule has 0 saturated carbocycles. The molecule has 0 unspecified atom stereocenters. The summed E-state index contributed by atoms with van der Waals surface area (Å²) >= 11 is 5.74. The molecule has 0 fully saturated rings. The molecule has 0 spiro atoms. The number of amides is 3. The third-order valence-electron chi connectivity index (χ3n) is 4.25. The van der Waals surface area contributed by atoms with Gasteiger partial charge in [-0.1, -0.05) is 43.6 Å². The quantitative estimate of drug-likeness (QED) is 0.349. The predicted molar refractivity (Wildman–Crippen MR) is 114 cm³/mol. The summed E-state index contributed by atoms with van der Waals surface area (Å²) in [5.41, 5.74) is -0.273. The molecule has 1 atom stereocenters. The molecule has 2 N–H and O–H groups in total. The highest BCUT2D eigenvalue weighted by molar-refractivity contribution is 6.32. The van der Waals surface area contributed by atoms with Crippen LogP contribution in [-0.2, 0) is 14.3 Å². The third-order valence-corrected chi connectivity index (χ3v) is 4.57. The van der Waals surface area contributed by atoms with Crippen LogP contribution in [-0.4, -0.2) is 41.3 Å². The van der Waals surface area contributed by atoms with E-state index in [4.69, 9.17) is 16.3 Å². The number of rotatable bonds is 8. The number of carbonyl (C=O) groups excluding carboxylic acids is 4. The minimum Gasteiger partial charge on any atom is -0.454 e. The van der Waals surface area contributed by atoms with E-state index in [1.807, 2.05) is 0 Å². The van der Waals surface area contributed by atoms with Crippen LogP contribution >= 0.6 is 11.6 Å². The largest absolute Gasteiger partial charge is 0.454 e. The molecule has 0 aliphatic carbocycles. The van der Waals surface area contributed by atoms with Gasteiger partial charge in [-0.2, -0.15) is 0 Å². The van der Waals surface area contributed by atoms with Crippen molar-refractivity contribution in [3.8, 4) is 0 Å². The summed E-state index contributed by atoms with van der Waals surface area (Å²) in [6.45, 7) is 2.54. The fourth-order valence-electron chi connectivity index (χ4n) is 2.57. The number of nitrogens with one attached hydrogen (secondary N) is 2. The molecule has 2 aromatic rings.